The van der Waals surface area contributed by atoms with Gasteiger partial charge in [0, 0.05) is 13.8 Å². The molecule has 0 spiro atoms. The van der Waals surface area contributed by atoms with Crippen LogP contribution in [-0.2, 0) is 19.2 Å². The lowest BCUT2D eigenvalue weighted by molar-refractivity contribution is -0.143. The fraction of sp³-hybridized carbons (Fsp3) is 0.500. The number of carboxylic acids is 2. The standard InChI is InChI=1S/C4H6O4.2C2H5NO/c5-3(6)1-2-4(7)8;2*1-2(3)4/h1-2H2,(H,5,6)(H,7,8);2*1H3,(H2,3,4). The van der Waals surface area contributed by atoms with Crippen LogP contribution in [0.5, 0.6) is 0 Å². The van der Waals surface area contributed by atoms with Gasteiger partial charge in [-0.25, -0.2) is 0 Å². The molecule has 16 heavy (non-hydrogen) atoms. The summed E-state index contributed by atoms with van der Waals surface area (Å²) in [7, 11) is 0. The van der Waals surface area contributed by atoms with Crippen LogP contribution in [-0.4, -0.2) is 34.0 Å². The predicted molar refractivity (Wildman–Crippen MR) is 54.2 cm³/mol. The van der Waals surface area contributed by atoms with Crippen LogP contribution in [0.2, 0.25) is 0 Å². The van der Waals surface area contributed by atoms with Crippen molar-refractivity contribution < 1.29 is 29.4 Å². The van der Waals surface area contributed by atoms with Crippen molar-refractivity contribution >= 4 is 23.8 Å². The van der Waals surface area contributed by atoms with E-state index in [1.165, 1.54) is 13.8 Å². The average molecular weight is 236 g/mol. The zero-order chi connectivity index (χ0) is 13.7. The van der Waals surface area contributed by atoms with Gasteiger partial charge >= 0.3 is 11.9 Å². The van der Waals surface area contributed by atoms with Crippen LogP contribution in [0.3, 0.4) is 0 Å². The first-order valence-electron chi connectivity index (χ1n) is 4.05. The van der Waals surface area contributed by atoms with E-state index in [1.54, 1.807) is 0 Å². The van der Waals surface area contributed by atoms with Gasteiger partial charge in [-0.05, 0) is 0 Å². The van der Waals surface area contributed by atoms with Gasteiger partial charge in [0.2, 0.25) is 11.8 Å². The summed E-state index contributed by atoms with van der Waals surface area (Å²) >= 11 is 0. The Bertz CT molecular complexity index is 217. The SMILES string of the molecule is CC(N)=O.CC(N)=O.O=C(O)CCC(=O)O. The molecule has 0 aliphatic carbocycles. The molecule has 0 atom stereocenters. The molecule has 0 saturated carbocycles. The summed E-state index contributed by atoms with van der Waals surface area (Å²) in [6.45, 7) is 2.61. The van der Waals surface area contributed by atoms with E-state index in [0.717, 1.165) is 0 Å². The Morgan fingerprint density at radius 1 is 0.812 bits per heavy atom. The highest BCUT2D eigenvalue weighted by Gasteiger charge is 2.00. The van der Waals surface area contributed by atoms with Crippen LogP contribution < -0.4 is 11.5 Å². The number of carbonyl (C=O) groups excluding carboxylic acids is 2. The van der Waals surface area contributed by atoms with Crippen LogP contribution in [0.15, 0.2) is 0 Å². The van der Waals surface area contributed by atoms with E-state index < -0.39 is 11.9 Å². The topological polar surface area (TPSA) is 161 Å². The summed E-state index contributed by atoms with van der Waals surface area (Å²) in [4.78, 5) is 37.7. The molecule has 0 aliphatic heterocycles. The zero-order valence-electron chi connectivity index (χ0n) is 9.10. The van der Waals surface area contributed by atoms with Gasteiger partial charge in [-0.15, -0.1) is 0 Å². The highest BCUT2D eigenvalue weighted by atomic mass is 16.4. The van der Waals surface area contributed by atoms with E-state index >= 15 is 0 Å². The maximum atomic E-state index is 9.64. The Kier molecular flexibility index (Phi) is 15.7. The van der Waals surface area contributed by atoms with Crippen molar-refractivity contribution in [2.45, 2.75) is 26.7 Å². The van der Waals surface area contributed by atoms with Gasteiger partial charge in [0.25, 0.3) is 0 Å². The zero-order valence-corrected chi connectivity index (χ0v) is 9.10. The number of carbonyl (C=O) groups is 4. The molecule has 0 radical (unpaired) electrons. The minimum Gasteiger partial charge on any atom is -0.481 e. The molecule has 8 heteroatoms. The molecule has 0 aromatic rings. The number of hydrogen-bond donors (Lipinski definition) is 4. The highest BCUT2D eigenvalue weighted by Crippen LogP contribution is 1.86. The van der Waals surface area contributed by atoms with Crippen molar-refractivity contribution in [3.63, 3.8) is 0 Å². The van der Waals surface area contributed by atoms with Gasteiger partial charge in [-0.1, -0.05) is 0 Å². The Morgan fingerprint density at radius 3 is 1.00 bits per heavy atom. The fourth-order valence-corrected chi connectivity index (χ4v) is 0.214. The maximum absolute atomic E-state index is 9.64. The molecule has 6 N–H and O–H groups in total. The largest absolute Gasteiger partial charge is 0.481 e. The quantitative estimate of drug-likeness (QED) is 0.487. The third-order valence-electron chi connectivity index (χ3n) is 0.553. The number of nitrogens with two attached hydrogens (primary N) is 2. The van der Waals surface area contributed by atoms with E-state index in [9.17, 15) is 19.2 Å². The van der Waals surface area contributed by atoms with Crippen molar-refractivity contribution in [3.05, 3.63) is 0 Å². The first-order valence-corrected chi connectivity index (χ1v) is 4.05. The van der Waals surface area contributed by atoms with E-state index in [0.29, 0.717) is 0 Å². The third-order valence-corrected chi connectivity index (χ3v) is 0.553. The van der Waals surface area contributed by atoms with Crippen LogP contribution in [0.1, 0.15) is 26.7 Å². The second-order valence-corrected chi connectivity index (χ2v) is 2.51. The number of hydrogen-bond acceptors (Lipinski definition) is 4. The monoisotopic (exact) mass is 236 g/mol. The number of rotatable bonds is 3. The average Bonchev–Trinajstić information content (AvgIpc) is 1.98. The minimum atomic E-state index is -1.08. The summed E-state index contributed by atoms with van der Waals surface area (Å²) in [5.41, 5.74) is 8.94. The normalized spacial score (nSPS) is 7.38. The van der Waals surface area contributed by atoms with Crippen LogP contribution in [0.25, 0.3) is 0 Å². The Hall–Kier alpha value is -2.12. The molecule has 0 aromatic carbocycles. The second kappa shape index (κ2) is 12.9. The number of carboxylic acid groups (broad SMARTS) is 2. The first-order chi connectivity index (χ1) is 7.09. The second-order valence-electron chi connectivity index (χ2n) is 2.51. The molecule has 0 saturated heterocycles. The van der Waals surface area contributed by atoms with Crippen LogP contribution >= 0.6 is 0 Å². The highest BCUT2D eigenvalue weighted by molar-refractivity contribution is 5.75. The summed E-state index contributed by atoms with van der Waals surface area (Å²) in [6.07, 6.45) is -0.593. The van der Waals surface area contributed by atoms with Crippen LogP contribution in [0.4, 0.5) is 0 Å². The molecule has 0 aliphatic rings. The van der Waals surface area contributed by atoms with Gasteiger partial charge in [0.1, 0.15) is 0 Å². The van der Waals surface area contributed by atoms with E-state index in [2.05, 4.69) is 11.5 Å². The van der Waals surface area contributed by atoms with Gasteiger partial charge in [-0.2, -0.15) is 0 Å². The Balaban J connectivity index is -0.000000179. The predicted octanol–water partition coefficient (Wildman–Crippen LogP) is -1.08. The van der Waals surface area contributed by atoms with Crippen molar-refractivity contribution in [2.75, 3.05) is 0 Å². The third kappa shape index (κ3) is 170. The summed E-state index contributed by atoms with van der Waals surface area (Å²) in [5.74, 6) is -2.82. The van der Waals surface area contributed by atoms with Crippen LogP contribution in [0, 0.1) is 0 Å². The number of primary amides is 2. The number of amides is 2. The maximum Gasteiger partial charge on any atom is 0.303 e. The lowest BCUT2D eigenvalue weighted by Crippen LogP contribution is -2.01. The van der Waals surface area contributed by atoms with Crippen molar-refractivity contribution in [2.24, 2.45) is 11.5 Å². The lowest BCUT2D eigenvalue weighted by Gasteiger charge is -1.85. The molecular formula is C8H16N2O6. The summed E-state index contributed by atoms with van der Waals surface area (Å²) < 4.78 is 0. The molecule has 8 nitrogen and oxygen atoms in total. The molecule has 0 bridgehead atoms. The first kappa shape index (κ1) is 19.5. The smallest absolute Gasteiger partial charge is 0.303 e. The van der Waals surface area contributed by atoms with Gasteiger partial charge in [0.05, 0.1) is 12.8 Å². The van der Waals surface area contributed by atoms with E-state index in [1.807, 2.05) is 0 Å². The fourth-order valence-electron chi connectivity index (χ4n) is 0.214. The molecule has 94 valence electrons. The van der Waals surface area contributed by atoms with E-state index in [4.69, 9.17) is 10.2 Å². The molecule has 0 unspecified atom stereocenters. The minimum absolute atomic E-state index is 0.296. The molecular weight excluding hydrogens is 220 g/mol. The van der Waals surface area contributed by atoms with Crippen molar-refractivity contribution in [3.8, 4) is 0 Å². The lowest BCUT2D eigenvalue weighted by atomic mass is 10.3. The molecule has 2 amide bonds. The van der Waals surface area contributed by atoms with Gasteiger partial charge < -0.3 is 21.7 Å². The van der Waals surface area contributed by atoms with Gasteiger partial charge in [0.15, 0.2) is 0 Å². The van der Waals surface area contributed by atoms with Gasteiger partial charge in [-0.3, -0.25) is 19.2 Å². The molecule has 0 rings (SSSR count). The number of aliphatic carboxylic acids is 2. The van der Waals surface area contributed by atoms with Crippen molar-refractivity contribution in [1.82, 2.24) is 0 Å². The molecule has 0 heterocycles. The summed E-state index contributed by atoms with van der Waals surface area (Å²) in [6, 6.07) is 0. The Labute approximate surface area is 92.2 Å². The van der Waals surface area contributed by atoms with E-state index in [-0.39, 0.29) is 24.7 Å². The Morgan fingerprint density at radius 2 is 0.938 bits per heavy atom. The molecule has 0 aromatic heterocycles. The molecule has 0 fully saturated rings. The van der Waals surface area contributed by atoms with Crippen molar-refractivity contribution in [1.29, 1.82) is 0 Å². The summed E-state index contributed by atoms with van der Waals surface area (Å²) in [5, 5.41) is 15.8.